The summed E-state index contributed by atoms with van der Waals surface area (Å²) in [5, 5.41) is 40.6. The lowest BCUT2D eigenvalue weighted by Crippen LogP contribution is -2.58. The van der Waals surface area contributed by atoms with Gasteiger partial charge in [0, 0.05) is 6.54 Å². The number of carbonyl (C=O) groups is 8. The minimum atomic E-state index is -1.62. The van der Waals surface area contributed by atoms with Crippen molar-refractivity contribution >= 4 is 47.4 Å². The van der Waals surface area contributed by atoms with Crippen LogP contribution < -0.4 is 38.1 Å². The quantitative estimate of drug-likeness (QED) is 0.0474. The van der Waals surface area contributed by atoms with Crippen molar-refractivity contribution < 1.29 is 53.7 Å². The molecule has 0 spiro atoms. The monoisotopic (exact) mass is 728 g/mol. The summed E-state index contributed by atoms with van der Waals surface area (Å²) in [6.07, 6.45) is 1.27. The summed E-state index contributed by atoms with van der Waals surface area (Å²) in [6.45, 7) is 6.17. The van der Waals surface area contributed by atoms with Crippen molar-refractivity contribution in [3.8, 4) is 0 Å². The fraction of sp³-hybridized carbons (Fsp3) is 0.750. The Bertz CT molecular complexity index is 1230. The molecule has 1 rings (SSSR count). The number of hydrogen-bond acceptors (Lipinski definition) is 11. The van der Waals surface area contributed by atoms with Crippen LogP contribution in [0.1, 0.15) is 79.1 Å². The SMILES string of the molecule is CC(C)C[C@H](NC(=O)[C@H](CO)NC(=O)[C@@H](N)CC(C)C)C(=O)NCC(=O)N[C@@H](CC(=O)O)C(=O)N1CCC[C@H]1C(=O)N[C@@H](CCCCN)C(=O)O. The first kappa shape index (κ1) is 44.7. The van der Waals surface area contributed by atoms with Crippen LogP contribution in [0.3, 0.4) is 0 Å². The molecular weight excluding hydrogens is 672 g/mol. The van der Waals surface area contributed by atoms with Gasteiger partial charge in [-0.15, -0.1) is 0 Å². The minimum Gasteiger partial charge on any atom is -0.481 e. The molecule has 0 saturated carbocycles. The summed E-state index contributed by atoms with van der Waals surface area (Å²) in [5.74, 6) is -7.59. The largest absolute Gasteiger partial charge is 0.481 e. The average Bonchev–Trinajstić information content (AvgIpc) is 3.54. The number of amides is 6. The number of hydrogen-bond donors (Lipinski definition) is 10. The number of aliphatic hydroxyl groups excluding tert-OH is 1. The van der Waals surface area contributed by atoms with E-state index in [4.69, 9.17) is 11.5 Å². The lowest BCUT2D eigenvalue weighted by molar-refractivity contribution is -0.147. The number of aliphatic carboxylic acids is 2. The normalized spacial score (nSPS) is 17.1. The highest BCUT2D eigenvalue weighted by atomic mass is 16.4. The molecule has 0 bridgehead atoms. The molecule has 0 aromatic carbocycles. The van der Waals surface area contributed by atoms with Crippen molar-refractivity contribution in [3.05, 3.63) is 0 Å². The van der Waals surface area contributed by atoms with E-state index in [0.717, 1.165) is 4.90 Å². The molecule has 1 aliphatic rings. The summed E-state index contributed by atoms with van der Waals surface area (Å²) in [7, 11) is 0. The number of rotatable bonds is 23. The molecule has 290 valence electrons. The van der Waals surface area contributed by atoms with Gasteiger partial charge >= 0.3 is 11.9 Å². The Morgan fingerprint density at radius 2 is 1.41 bits per heavy atom. The zero-order valence-electron chi connectivity index (χ0n) is 29.8. The first-order valence-electron chi connectivity index (χ1n) is 17.2. The third kappa shape index (κ3) is 16.0. The molecule has 51 heavy (non-hydrogen) atoms. The molecule has 19 nitrogen and oxygen atoms in total. The van der Waals surface area contributed by atoms with Gasteiger partial charge in [-0.05, 0) is 63.3 Å². The first-order valence-corrected chi connectivity index (χ1v) is 17.2. The molecular formula is C32H56N8O11. The van der Waals surface area contributed by atoms with Crippen LogP contribution in [-0.4, -0.2) is 130 Å². The molecule has 0 aromatic rings. The van der Waals surface area contributed by atoms with Crippen LogP contribution in [-0.2, 0) is 38.4 Å². The molecule has 19 heteroatoms. The molecule has 0 radical (unpaired) electrons. The van der Waals surface area contributed by atoms with E-state index in [0.29, 0.717) is 32.2 Å². The van der Waals surface area contributed by atoms with Gasteiger partial charge in [0.2, 0.25) is 35.4 Å². The number of nitrogens with one attached hydrogen (secondary N) is 5. The maximum atomic E-state index is 13.5. The molecule has 0 aliphatic carbocycles. The lowest BCUT2D eigenvalue weighted by atomic mass is 10.0. The van der Waals surface area contributed by atoms with E-state index in [2.05, 4.69) is 26.6 Å². The average molecular weight is 729 g/mol. The van der Waals surface area contributed by atoms with E-state index in [-0.39, 0.29) is 37.6 Å². The van der Waals surface area contributed by atoms with E-state index >= 15 is 0 Å². The number of nitrogens with zero attached hydrogens (tertiary/aromatic N) is 1. The zero-order valence-corrected chi connectivity index (χ0v) is 29.8. The molecule has 0 unspecified atom stereocenters. The van der Waals surface area contributed by atoms with Gasteiger partial charge in [-0.1, -0.05) is 27.7 Å². The van der Waals surface area contributed by atoms with E-state index in [9.17, 15) is 53.7 Å². The van der Waals surface area contributed by atoms with Crippen molar-refractivity contribution in [1.82, 2.24) is 31.5 Å². The maximum Gasteiger partial charge on any atom is 0.326 e. The third-order valence-corrected chi connectivity index (χ3v) is 8.05. The highest BCUT2D eigenvalue weighted by Crippen LogP contribution is 2.20. The minimum absolute atomic E-state index is 0.0556. The number of likely N-dealkylation sites (tertiary alicyclic amines) is 1. The second-order valence-electron chi connectivity index (χ2n) is 13.5. The summed E-state index contributed by atoms with van der Waals surface area (Å²) in [4.78, 5) is 102. The molecule has 0 aromatic heterocycles. The number of carbonyl (C=O) groups excluding carboxylic acids is 6. The Morgan fingerprint density at radius 3 is 1.96 bits per heavy atom. The Labute approximate surface area is 297 Å². The van der Waals surface area contributed by atoms with Gasteiger partial charge in [-0.3, -0.25) is 33.6 Å². The molecule has 6 amide bonds. The maximum absolute atomic E-state index is 13.5. The van der Waals surface area contributed by atoms with Gasteiger partial charge in [-0.2, -0.15) is 0 Å². The zero-order chi connectivity index (χ0) is 38.8. The van der Waals surface area contributed by atoms with Gasteiger partial charge < -0.3 is 58.3 Å². The molecule has 1 heterocycles. The predicted molar refractivity (Wildman–Crippen MR) is 182 cm³/mol. The molecule has 6 atom stereocenters. The second kappa shape index (κ2) is 22.5. The van der Waals surface area contributed by atoms with Crippen molar-refractivity contribution in [2.45, 2.75) is 115 Å². The lowest BCUT2D eigenvalue weighted by Gasteiger charge is -2.29. The number of carboxylic acid groups (broad SMARTS) is 2. The van der Waals surface area contributed by atoms with Crippen LogP contribution in [0.2, 0.25) is 0 Å². The van der Waals surface area contributed by atoms with E-state index in [1.807, 2.05) is 13.8 Å². The number of carboxylic acids is 2. The van der Waals surface area contributed by atoms with Crippen molar-refractivity contribution in [3.63, 3.8) is 0 Å². The number of unbranched alkanes of at least 4 members (excludes halogenated alkanes) is 1. The topological polar surface area (TPSA) is 313 Å². The first-order chi connectivity index (χ1) is 23.9. The van der Waals surface area contributed by atoms with Gasteiger partial charge in [0.05, 0.1) is 25.6 Å². The molecule has 12 N–H and O–H groups in total. The Hall–Kier alpha value is -4.36. The van der Waals surface area contributed by atoms with Crippen LogP contribution in [0, 0.1) is 11.8 Å². The second-order valence-corrected chi connectivity index (χ2v) is 13.5. The van der Waals surface area contributed by atoms with Crippen LogP contribution in [0.25, 0.3) is 0 Å². The van der Waals surface area contributed by atoms with Gasteiger partial charge in [-0.25, -0.2) is 4.79 Å². The van der Waals surface area contributed by atoms with Gasteiger partial charge in [0.1, 0.15) is 30.2 Å². The Morgan fingerprint density at radius 1 is 0.784 bits per heavy atom. The summed E-state index contributed by atoms with van der Waals surface area (Å²) in [6, 6.07) is -7.47. The fourth-order valence-electron chi connectivity index (χ4n) is 5.49. The standard InChI is InChI=1S/C32H56N8O11/c1-17(2)12-19(34)27(45)39-23(16-41)29(47)38-21(13-18(3)4)28(46)35-15-25(42)36-22(14-26(43)44)31(49)40-11-7-9-24(40)30(48)37-20(32(50)51)8-5-6-10-33/h17-24,41H,5-16,33-34H2,1-4H3,(H,35,46)(H,36,42)(H,37,48)(H,38,47)(H,39,45)(H,43,44)(H,50,51)/t19-,20-,21-,22-,23-,24-/m0/s1. The number of nitrogens with two attached hydrogens (primary N) is 2. The Kier molecular flexibility index (Phi) is 19.7. The van der Waals surface area contributed by atoms with Crippen molar-refractivity contribution in [1.29, 1.82) is 0 Å². The predicted octanol–water partition coefficient (Wildman–Crippen LogP) is -2.87. The van der Waals surface area contributed by atoms with Crippen LogP contribution in [0.4, 0.5) is 0 Å². The van der Waals surface area contributed by atoms with Crippen LogP contribution in [0.15, 0.2) is 0 Å². The highest BCUT2D eigenvalue weighted by molar-refractivity contribution is 5.97. The van der Waals surface area contributed by atoms with E-state index in [1.165, 1.54) is 0 Å². The molecule has 1 fully saturated rings. The van der Waals surface area contributed by atoms with Crippen molar-refractivity contribution in [2.24, 2.45) is 23.3 Å². The van der Waals surface area contributed by atoms with E-state index in [1.54, 1.807) is 13.8 Å². The third-order valence-electron chi connectivity index (χ3n) is 8.05. The smallest absolute Gasteiger partial charge is 0.326 e. The number of aliphatic hydroxyl groups is 1. The van der Waals surface area contributed by atoms with Crippen LogP contribution in [0.5, 0.6) is 0 Å². The molecule has 1 saturated heterocycles. The summed E-state index contributed by atoms with van der Waals surface area (Å²) < 4.78 is 0. The van der Waals surface area contributed by atoms with E-state index < -0.39 is 103 Å². The van der Waals surface area contributed by atoms with Gasteiger partial charge in [0.15, 0.2) is 0 Å². The summed E-state index contributed by atoms with van der Waals surface area (Å²) in [5.41, 5.74) is 11.3. The summed E-state index contributed by atoms with van der Waals surface area (Å²) >= 11 is 0. The van der Waals surface area contributed by atoms with Crippen LogP contribution >= 0.6 is 0 Å². The van der Waals surface area contributed by atoms with Gasteiger partial charge in [0.25, 0.3) is 0 Å². The fourth-order valence-corrected chi connectivity index (χ4v) is 5.49. The Balaban J connectivity index is 2.95. The highest BCUT2D eigenvalue weighted by Gasteiger charge is 2.39. The van der Waals surface area contributed by atoms with Crippen molar-refractivity contribution in [2.75, 3.05) is 26.2 Å². The molecule has 1 aliphatic heterocycles.